The Morgan fingerprint density at radius 1 is 1.18 bits per heavy atom. The maximum Gasteiger partial charge on any atom is 0.407 e. The van der Waals surface area contributed by atoms with E-state index >= 15 is 0 Å². The molecular weight excluding hydrogens is 305 g/mol. The van der Waals surface area contributed by atoms with Crippen molar-refractivity contribution in [3.05, 3.63) is 0 Å². The number of halogens is 3. The molecule has 9 heteroatoms. The average molecular weight is 328 g/mol. The van der Waals surface area contributed by atoms with Crippen molar-refractivity contribution in [2.24, 2.45) is 0 Å². The molecule has 0 aromatic carbocycles. The highest BCUT2D eigenvalue weighted by atomic mass is 19.4. The highest BCUT2D eigenvalue weighted by molar-refractivity contribution is 5.73. The summed E-state index contributed by atoms with van der Waals surface area (Å²) in [5.41, 5.74) is -0.611. The van der Waals surface area contributed by atoms with Crippen molar-refractivity contribution in [3.8, 4) is 0 Å². The van der Waals surface area contributed by atoms with E-state index in [0.29, 0.717) is 12.8 Å². The molecule has 1 unspecified atom stereocenters. The van der Waals surface area contributed by atoms with Crippen LogP contribution in [0, 0.1) is 0 Å². The van der Waals surface area contributed by atoms with Crippen molar-refractivity contribution in [2.75, 3.05) is 13.1 Å². The lowest BCUT2D eigenvalue weighted by Gasteiger charge is -2.19. The first-order valence-electron chi connectivity index (χ1n) is 6.90. The van der Waals surface area contributed by atoms with Gasteiger partial charge in [-0.15, -0.1) is 0 Å². The van der Waals surface area contributed by atoms with E-state index < -0.39 is 36.4 Å². The minimum Gasteiger partial charge on any atom is -0.480 e. The standard InChI is InChI=1S/C13H23F3N2O4/c1-12(2,3)22-11(21)17-7-5-4-6-9(10(19)20)18-8-13(14,15)16/h9,18H,4-8H2,1-3H3,(H,17,21)(H,19,20). The van der Waals surface area contributed by atoms with Gasteiger partial charge in [0.1, 0.15) is 11.6 Å². The molecule has 0 aromatic heterocycles. The first kappa shape index (κ1) is 20.5. The number of aliphatic carboxylic acids is 1. The number of nitrogens with one attached hydrogen (secondary N) is 2. The van der Waals surface area contributed by atoms with E-state index in [4.69, 9.17) is 9.84 Å². The third-order valence-electron chi connectivity index (χ3n) is 2.43. The number of amides is 1. The normalized spacial score (nSPS) is 13.5. The van der Waals surface area contributed by atoms with E-state index in [1.165, 1.54) is 0 Å². The summed E-state index contributed by atoms with van der Waals surface area (Å²) in [6.45, 7) is 4.07. The molecular formula is C13H23F3N2O4. The van der Waals surface area contributed by atoms with Crippen molar-refractivity contribution in [2.45, 2.75) is 57.9 Å². The highest BCUT2D eigenvalue weighted by Crippen LogP contribution is 2.13. The third kappa shape index (κ3) is 12.2. The molecule has 0 aliphatic rings. The summed E-state index contributed by atoms with van der Waals surface area (Å²) in [6.07, 6.45) is -4.20. The van der Waals surface area contributed by atoms with Gasteiger partial charge in [-0.2, -0.15) is 13.2 Å². The number of carboxylic acids is 1. The Bertz CT molecular complexity index is 367. The Balaban J connectivity index is 3.91. The van der Waals surface area contributed by atoms with Gasteiger partial charge < -0.3 is 15.2 Å². The maximum atomic E-state index is 12.0. The van der Waals surface area contributed by atoms with E-state index in [0.717, 1.165) is 0 Å². The number of ether oxygens (including phenoxy) is 1. The molecule has 0 bridgehead atoms. The van der Waals surface area contributed by atoms with Gasteiger partial charge in [0.15, 0.2) is 0 Å². The minimum absolute atomic E-state index is 0.0431. The summed E-state index contributed by atoms with van der Waals surface area (Å²) in [5, 5.41) is 13.3. The number of alkyl carbamates (subject to hydrolysis) is 1. The van der Waals surface area contributed by atoms with Gasteiger partial charge in [0.2, 0.25) is 0 Å². The van der Waals surface area contributed by atoms with Gasteiger partial charge >= 0.3 is 18.2 Å². The molecule has 0 saturated carbocycles. The van der Waals surface area contributed by atoms with Crippen LogP contribution in [0.1, 0.15) is 40.0 Å². The van der Waals surface area contributed by atoms with E-state index in [1.807, 2.05) is 5.32 Å². The van der Waals surface area contributed by atoms with Crippen LogP contribution in [0.25, 0.3) is 0 Å². The van der Waals surface area contributed by atoms with Gasteiger partial charge in [0, 0.05) is 6.54 Å². The molecule has 0 radical (unpaired) electrons. The fourth-order valence-electron chi connectivity index (χ4n) is 1.53. The molecule has 0 aliphatic carbocycles. The van der Waals surface area contributed by atoms with Crippen LogP contribution in [-0.4, -0.2) is 48.1 Å². The van der Waals surface area contributed by atoms with Crippen molar-refractivity contribution in [1.82, 2.24) is 10.6 Å². The summed E-state index contributed by atoms with van der Waals surface area (Å²) < 4.78 is 41.1. The van der Waals surface area contributed by atoms with Gasteiger partial charge in [0.05, 0.1) is 6.54 Å². The molecule has 130 valence electrons. The van der Waals surface area contributed by atoms with Crippen molar-refractivity contribution < 1.29 is 32.6 Å². The second kappa shape index (κ2) is 8.82. The number of carbonyl (C=O) groups excluding carboxylic acids is 1. The number of unbranched alkanes of at least 4 members (excludes halogenated alkanes) is 1. The predicted molar refractivity (Wildman–Crippen MR) is 73.6 cm³/mol. The first-order chi connectivity index (χ1) is 9.91. The lowest BCUT2D eigenvalue weighted by Crippen LogP contribution is -2.42. The molecule has 0 aliphatic heterocycles. The van der Waals surface area contributed by atoms with Gasteiger partial charge in [-0.25, -0.2) is 4.79 Å². The number of alkyl halides is 3. The maximum absolute atomic E-state index is 12.0. The van der Waals surface area contributed by atoms with Crippen LogP contribution in [0.4, 0.5) is 18.0 Å². The van der Waals surface area contributed by atoms with Gasteiger partial charge in [-0.1, -0.05) is 0 Å². The number of carboxylic acid groups (broad SMARTS) is 1. The SMILES string of the molecule is CC(C)(C)OC(=O)NCCCCC(NCC(F)(F)F)C(=O)O. The predicted octanol–water partition coefficient (Wildman–Crippen LogP) is 2.29. The van der Waals surface area contributed by atoms with E-state index in [-0.39, 0.29) is 13.0 Å². The molecule has 1 amide bonds. The molecule has 3 N–H and O–H groups in total. The second-order valence-corrected chi connectivity index (χ2v) is 5.81. The smallest absolute Gasteiger partial charge is 0.407 e. The fourth-order valence-corrected chi connectivity index (χ4v) is 1.53. The number of hydrogen-bond acceptors (Lipinski definition) is 4. The summed E-state index contributed by atoms with van der Waals surface area (Å²) in [4.78, 5) is 22.1. The number of hydrogen-bond donors (Lipinski definition) is 3. The molecule has 1 atom stereocenters. The van der Waals surface area contributed by atoms with E-state index in [9.17, 15) is 22.8 Å². The van der Waals surface area contributed by atoms with Crippen LogP contribution in [0.15, 0.2) is 0 Å². The fraction of sp³-hybridized carbons (Fsp3) is 0.846. The summed E-state index contributed by atoms with van der Waals surface area (Å²) in [6, 6.07) is -1.26. The lowest BCUT2D eigenvalue weighted by molar-refractivity contribution is -0.143. The summed E-state index contributed by atoms with van der Waals surface area (Å²) >= 11 is 0. The largest absolute Gasteiger partial charge is 0.480 e. The van der Waals surface area contributed by atoms with Crippen LogP contribution >= 0.6 is 0 Å². The molecule has 0 aromatic rings. The Hall–Kier alpha value is -1.51. The van der Waals surface area contributed by atoms with Crippen LogP contribution in [0.3, 0.4) is 0 Å². The Morgan fingerprint density at radius 2 is 1.77 bits per heavy atom. The molecule has 0 spiro atoms. The van der Waals surface area contributed by atoms with Crippen molar-refractivity contribution in [1.29, 1.82) is 0 Å². The van der Waals surface area contributed by atoms with Crippen molar-refractivity contribution in [3.63, 3.8) is 0 Å². The molecule has 0 saturated heterocycles. The number of carbonyl (C=O) groups is 2. The highest BCUT2D eigenvalue weighted by Gasteiger charge is 2.29. The van der Waals surface area contributed by atoms with E-state index in [1.54, 1.807) is 20.8 Å². The van der Waals surface area contributed by atoms with Gasteiger partial charge in [-0.05, 0) is 40.0 Å². The summed E-state index contributed by atoms with van der Waals surface area (Å²) in [5.74, 6) is -1.33. The lowest BCUT2D eigenvalue weighted by atomic mass is 10.1. The molecule has 6 nitrogen and oxygen atoms in total. The van der Waals surface area contributed by atoms with Crippen LogP contribution in [0.5, 0.6) is 0 Å². The van der Waals surface area contributed by atoms with Gasteiger partial charge in [-0.3, -0.25) is 10.1 Å². The zero-order valence-electron chi connectivity index (χ0n) is 12.9. The third-order valence-corrected chi connectivity index (χ3v) is 2.43. The number of rotatable bonds is 8. The Labute approximate surface area is 127 Å². The van der Waals surface area contributed by atoms with Gasteiger partial charge in [0.25, 0.3) is 0 Å². The molecule has 22 heavy (non-hydrogen) atoms. The van der Waals surface area contributed by atoms with E-state index in [2.05, 4.69) is 5.32 Å². The zero-order chi connectivity index (χ0) is 17.4. The van der Waals surface area contributed by atoms with Crippen molar-refractivity contribution >= 4 is 12.1 Å². The average Bonchev–Trinajstić information content (AvgIpc) is 2.28. The minimum atomic E-state index is -4.45. The molecule has 0 heterocycles. The molecule has 0 fully saturated rings. The Kier molecular flexibility index (Phi) is 8.21. The van der Waals surface area contributed by atoms with Crippen LogP contribution in [0.2, 0.25) is 0 Å². The topological polar surface area (TPSA) is 87.7 Å². The monoisotopic (exact) mass is 328 g/mol. The Morgan fingerprint density at radius 3 is 2.23 bits per heavy atom. The zero-order valence-corrected chi connectivity index (χ0v) is 12.9. The first-order valence-corrected chi connectivity index (χ1v) is 6.90. The summed E-state index contributed by atoms with van der Waals surface area (Å²) in [7, 11) is 0. The quantitative estimate of drug-likeness (QED) is 0.595. The second-order valence-electron chi connectivity index (χ2n) is 5.81. The van der Waals surface area contributed by atoms with Crippen LogP contribution in [-0.2, 0) is 9.53 Å². The van der Waals surface area contributed by atoms with Crippen LogP contribution < -0.4 is 10.6 Å². The molecule has 0 rings (SSSR count).